The summed E-state index contributed by atoms with van der Waals surface area (Å²) in [6.07, 6.45) is 0. The summed E-state index contributed by atoms with van der Waals surface area (Å²) in [5.74, 6) is 0. The third kappa shape index (κ3) is 3.94. The molecular weight excluding hydrogens is 480 g/mol. The van der Waals surface area contributed by atoms with Gasteiger partial charge in [0.05, 0.1) is 0 Å². The number of hydrogen-bond donors (Lipinski definition) is 0. The van der Waals surface area contributed by atoms with E-state index >= 15 is 0 Å². The van der Waals surface area contributed by atoms with Gasteiger partial charge in [-0.1, -0.05) is 127 Å². The van der Waals surface area contributed by atoms with Gasteiger partial charge in [-0.2, -0.15) is 0 Å². The maximum Gasteiger partial charge on any atom is -0.0105 e. The lowest BCUT2D eigenvalue weighted by molar-refractivity contribution is 1.61. The van der Waals surface area contributed by atoms with E-state index in [-0.39, 0.29) is 0 Å². The molecule has 8 aromatic carbocycles. The van der Waals surface area contributed by atoms with Crippen molar-refractivity contribution in [2.45, 2.75) is 0 Å². The van der Waals surface area contributed by atoms with Crippen LogP contribution in [0.2, 0.25) is 0 Å². The molecule has 0 saturated heterocycles. The zero-order chi connectivity index (χ0) is 26.5. The first-order valence-corrected chi connectivity index (χ1v) is 13.8. The summed E-state index contributed by atoms with van der Waals surface area (Å²) in [4.78, 5) is 0. The van der Waals surface area contributed by atoms with Crippen LogP contribution in [0.1, 0.15) is 0 Å². The lowest BCUT2D eigenvalue weighted by Crippen LogP contribution is -1.85. The second-order valence-corrected chi connectivity index (χ2v) is 10.6. The van der Waals surface area contributed by atoms with Crippen LogP contribution in [0.15, 0.2) is 158 Å². The Kier molecular flexibility index (Phi) is 5.24. The van der Waals surface area contributed by atoms with E-state index in [2.05, 4.69) is 158 Å². The third-order valence-electron chi connectivity index (χ3n) is 8.20. The summed E-state index contributed by atoms with van der Waals surface area (Å²) in [6, 6.07) is 57.7. The van der Waals surface area contributed by atoms with Gasteiger partial charge in [0.1, 0.15) is 0 Å². The Balaban J connectivity index is 1.16. The van der Waals surface area contributed by atoms with Crippen molar-refractivity contribution in [1.82, 2.24) is 0 Å². The number of rotatable bonds is 3. The first-order chi connectivity index (χ1) is 19.8. The predicted molar refractivity (Wildman–Crippen MR) is 173 cm³/mol. The molecule has 0 aliphatic heterocycles. The molecule has 0 aliphatic rings. The molecule has 0 bridgehead atoms. The monoisotopic (exact) mass is 506 g/mol. The maximum atomic E-state index is 2.32. The van der Waals surface area contributed by atoms with Gasteiger partial charge in [-0.3, -0.25) is 0 Å². The second-order valence-electron chi connectivity index (χ2n) is 10.6. The maximum absolute atomic E-state index is 2.32. The summed E-state index contributed by atoms with van der Waals surface area (Å²) in [5.41, 5.74) is 7.46. The molecule has 0 atom stereocenters. The molecule has 0 nitrogen and oxygen atoms in total. The molecule has 0 radical (unpaired) electrons. The molecule has 0 spiro atoms. The minimum atomic E-state index is 1.24. The largest absolute Gasteiger partial charge is 0.0616 e. The van der Waals surface area contributed by atoms with Gasteiger partial charge in [-0.05, 0) is 107 Å². The molecule has 0 N–H and O–H groups in total. The normalized spacial score (nSPS) is 11.5. The van der Waals surface area contributed by atoms with Crippen molar-refractivity contribution in [2.75, 3.05) is 0 Å². The van der Waals surface area contributed by atoms with Gasteiger partial charge in [0.2, 0.25) is 0 Å². The van der Waals surface area contributed by atoms with Crippen LogP contribution in [0, 0.1) is 0 Å². The lowest BCUT2D eigenvalue weighted by atomic mass is 9.93. The molecule has 0 heteroatoms. The highest BCUT2D eigenvalue weighted by Gasteiger charge is 2.08. The quantitative estimate of drug-likeness (QED) is 0.209. The van der Waals surface area contributed by atoms with Crippen LogP contribution in [0.5, 0.6) is 0 Å². The second kappa shape index (κ2) is 9.22. The Morgan fingerprint density at radius 1 is 0.200 bits per heavy atom. The predicted octanol–water partition coefficient (Wildman–Crippen LogP) is 11.3. The van der Waals surface area contributed by atoms with Gasteiger partial charge in [0.15, 0.2) is 0 Å². The van der Waals surface area contributed by atoms with Crippen LogP contribution in [0.4, 0.5) is 0 Å². The van der Waals surface area contributed by atoms with Gasteiger partial charge in [-0.25, -0.2) is 0 Å². The van der Waals surface area contributed by atoms with E-state index in [1.54, 1.807) is 0 Å². The van der Waals surface area contributed by atoms with Crippen molar-refractivity contribution < 1.29 is 0 Å². The van der Waals surface area contributed by atoms with Gasteiger partial charge in [-0.15, -0.1) is 0 Å². The lowest BCUT2D eigenvalue weighted by Gasteiger charge is -2.11. The fraction of sp³-hybridized carbons (Fsp3) is 0. The first-order valence-electron chi connectivity index (χ1n) is 13.8. The zero-order valence-electron chi connectivity index (χ0n) is 22.0. The van der Waals surface area contributed by atoms with E-state index in [0.29, 0.717) is 0 Å². The summed E-state index contributed by atoms with van der Waals surface area (Å²) >= 11 is 0. The van der Waals surface area contributed by atoms with Crippen LogP contribution in [0.3, 0.4) is 0 Å². The summed E-state index contributed by atoms with van der Waals surface area (Å²) in [5, 5.41) is 10.2. The topological polar surface area (TPSA) is 0 Å². The van der Waals surface area contributed by atoms with Gasteiger partial charge in [0.25, 0.3) is 0 Å². The molecule has 8 rings (SSSR count). The molecule has 0 fully saturated rings. The fourth-order valence-electron chi connectivity index (χ4n) is 6.05. The standard InChI is InChI=1S/C40H26/c1-3-8-29-22-33(14-12-27(29)6-1)31-10-5-11-32(24-31)35-18-20-39-37(25-35)16-17-38-26-36(19-21-40(38)39)34-15-13-28-7-2-4-9-30(28)23-34/h1-26H. The van der Waals surface area contributed by atoms with Crippen molar-refractivity contribution in [3.8, 4) is 33.4 Å². The zero-order valence-corrected chi connectivity index (χ0v) is 22.0. The average Bonchev–Trinajstić information content (AvgIpc) is 3.03. The van der Waals surface area contributed by atoms with Crippen molar-refractivity contribution >= 4 is 43.1 Å². The first kappa shape index (κ1) is 22.8. The van der Waals surface area contributed by atoms with E-state index in [4.69, 9.17) is 0 Å². The molecule has 0 heterocycles. The van der Waals surface area contributed by atoms with Crippen LogP contribution >= 0.6 is 0 Å². The average molecular weight is 507 g/mol. The van der Waals surface area contributed by atoms with Gasteiger partial charge in [0, 0.05) is 0 Å². The van der Waals surface area contributed by atoms with Crippen molar-refractivity contribution in [3.63, 3.8) is 0 Å². The van der Waals surface area contributed by atoms with Crippen molar-refractivity contribution in [3.05, 3.63) is 158 Å². The highest BCUT2D eigenvalue weighted by Crippen LogP contribution is 2.34. The highest BCUT2D eigenvalue weighted by molar-refractivity contribution is 6.09. The minimum Gasteiger partial charge on any atom is -0.0616 e. The van der Waals surface area contributed by atoms with Gasteiger partial charge < -0.3 is 0 Å². The van der Waals surface area contributed by atoms with Crippen molar-refractivity contribution in [2.24, 2.45) is 0 Å². The van der Waals surface area contributed by atoms with Crippen molar-refractivity contribution in [1.29, 1.82) is 0 Å². The van der Waals surface area contributed by atoms with Crippen LogP contribution < -0.4 is 0 Å². The third-order valence-corrected chi connectivity index (χ3v) is 8.20. The molecule has 0 saturated carbocycles. The molecule has 40 heavy (non-hydrogen) atoms. The molecule has 8 aromatic rings. The summed E-state index contributed by atoms with van der Waals surface area (Å²) in [7, 11) is 0. The number of benzene rings is 8. The Morgan fingerprint density at radius 3 is 1.02 bits per heavy atom. The smallest absolute Gasteiger partial charge is 0.0105 e. The molecule has 0 unspecified atom stereocenters. The minimum absolute atomic E-state index is 1.24. The van der Waals surface area contributed by atoms with E-state index in [0.717, 1.165) is 0 Å². The van der Waals surface area contributed by atoms with Crippen LogP contribution in [-0.4, -0.2) is 0 Å². The summed E-state index contributed by atoms with van der Waals surface area (Å²) < 4.78 is 0. The molecule has 186 valence electrons. The highest BCUT2D eigenvalue weighted by atomic mass is 14.1. The van der Waals surface area contributed by atoms with Crippen LogP contribution in [0.25, 0.3) is 76.5 Å². The Labute approximate surface area is 233 Å². The Morgan fingerprint density at radius 2 is 0.550 bits per heavy atom. The molecular formula is C40H26. The van der Waals surface area contributed by atoms with E-state index < -0.39 is 0 Å². The van der Waals surface area contributed by atoms with Gasteiger partial charge >= 0.3 is 0 Å². The number of hydrogen-bond acceptors (Lipinski definition) is 0. The number of fused-ring (bicyclic) bond motifs is 5. The van der Waals surface area contributed by atoms with E-state index in [1.807, 2.05) is 0 Å². The summed E-state index contributed by atoms with van der Waals surface area (Å²) in [6.45, 7) is 0. The molecule has 0 aliphatic carbocycles. The molecule has 0 aromatic heterocycles. The SMILES string of the molecule is c1cc(-c2ccc3ccccc3c2)cc(-c2ccc3c(ccc4cc(-c5ccc6ccccc6c5)ccc43)c2)c1. The van der Waals surface area contributed by atoms with E-state index in [1.165, 1.54) is 76.5 Å². The Bertz CT molecular complexity index is 2220. The fourth-order valence-corrected chi connectivity index (χ4v) is 6.05. The van der Waals surface area contributed by atoms with Crippen LogP contribution in [-0.2, 0) is 0 Å². The van der Waals surface area contributed by atoms with E-state index in [9.17, 15) is 0 Å². The Hall–Kier alpha value is -5.20. The molecule has 0 amide bonds.